The minimum Gasteiger partial charge on any atom is -0.492 e. The molecule has 0 spiro atoms. The summed E-state index contributed by atoms with van der Waals surface area (Å²) in [4.78, 5) is 3.67. The highest BCUT2D eigenvalue weighted by atomic mass is 19.1. The molecule has 0 saturated carbocycles. The molecule has 0 bridgehead atoms. The van der Waals surface area contributed by atoms with Crippen LogP contribution in [-0.4, -0.2) is 28.9 Å². The fourth-order valence-corrected chi connectivity index (χ4v) is 2.81. The van der Waals surface area contributed by atoms with Crippen molar-refractivity contribution in [1.29, 1.82) is 10.8 Å². The number of aromatic nitrogens is 2. The van der Waals surface area contributed by atoms with Gasteiger partial charge in [-0.25, -0.2) is 13.5 Å². The van der Waals surface area contributed by atoms with Gasteiger partial charge in [-0.2, -0.15) is 5.10 Å². The quantitative estimate of drug-likeness (QED) is 0.404. The number of benzene rings is 1. The van der Waals surface area contributed by atoms with Gasteiger partial charge in [0, 0.05) is 23.1 Å². The van der Waals surface area contributed by atoms with Crippen LogP contribution in [0.2, 0.25) is 0 Å². The summed E-state index contributed by atoms with van der Waals surface area (Å²) in [7, 11) is 0. The summed E-state index contributed by atoms with van der Waals surface area (Å²) in [6.07, 6.45) is 3.07. The van der Waals surface area contributed by atoms with Gasteiger partial charge in [0.15, 0.2) is 0 Å². The van der Waals surface area contributed by atoms with Crippen LogP contribution in [0.5, 0.6) is 0 Å². The minimum absolute atomic E-state index is 0.0718. The summed E-state index contributed by atoms with van der Waals surface area (Å²) in [6.45, 7) is 12.4. The van der Waals surface area contributed by atoms with E-state index in [1.807, 2.05) is 0 Å². The summed E-state index contributed by atoms with van der Waals surface area (Å²) in [5.74, 6) is -2.71. The number of aliphatic imine (C=N–C) groups is 1. The second-order valence-electron chi connectivity index (χ2n) is 6.16. The smallest absolute Gasteiger partial charge is 0.148 e. The van der Waals surface area contributed by atoms with E-state index in [0.29, 0.717) is 12.3 Å². The molecule has 0 aliphatic rings. The molecular formula is C21H23F2N5O. The molecule has 6 nitrogen and oxygen atoms in total. The van der Waals surface area contributed by atoms with E-state index < -0.39 is 17.6 Å². The van der Waals surface area contributed by atoms with Gasteiger partial charge in [0.2, 0.25) is 0 Å². The van der Waals surface area contributed by atoms with E-state index in [-0.39, 0.29) is 33.9 Å². The highest BCUT2D eigenvalue weighted by Crippen LogP contribution is 2.33. The second-order valence-corrected chi connectivity index (χ2v) is 6.16. The van der Waals surface area contributed by atoms with Crippen molar-refractivity contribution in [2.24, 2.45) is 4.99 Å². The fraction of sp³-hybridized carbons (Fsp3) is 0.238. The largest absolute Gasteiger partial charge is 0.492 e. The van der Waals surface area contributed by atoms with E-state index in [2.05, 4.69) is 23.4 Å². The number of ether oxygens (including phenoxy) is 1. The number of nitrogens with one attached hydrogen (secondary N) is 2. The zero-order valence-corrected chi connectivity index (χ0v) is 16.6. The maximum atomic E-state index is 15.1. The molecule has 0 aliphatic heterocycles. The lowest BCUT2D eigenvalue weighted by atomic mass is 9.95. The average Bonchev–Trinajstić information content (AvgIpc) is 2.69. The van der Waals surface area contributed by atoms with E-state index >= 15 is 4.39 Å². The van der Waals surface area contributed by atoms with E-state index in [0.717, 1.165) is 10.7 Å². The molecule has 0 fully saturated rings. The minimum atomic E-state index is -1.03. The van der Waals surface area contributed by atoms with Gasteiger partial charge < -0.3 is 4.74 Å². The van der Waals surface area contributed by atoms with Crippen molar-refractivity contribution in [3.63, 3.8) is 0 Å². The Morgan fingerprint density at radius 2 is 2.10 bits per heavy atom. The zero-order chi connectivity index (χ0) is 21.7. The third-order valence-corrected chi connectivity index (χ3v) is 4.28. The third-order valence-electron chi connectivity index (χ3n) is 4.28. The van der Waals surface area contributed by atoms with E-state index in [9.17, 15) is 4.39 Å². The van der Waals surface area contributed by atoms with Crippen molar-refractivity contribution in [3.05, 3.63) is 64.8 Å². The Bertz CT molecular complexity index is 1060. The lowest BCUT2D eigenvalue weighted by Gasteiger charge is -2.19. The molecule has 0 aliphatic carbocycles. The Labute approximate surface area is 167 Å². The first-order chi connectivity index (χ1) is 13.8. The van der Waals surface area contributed by atoms with Crippen molar-refractivity contribution in [1.82, 2.24) is 9.78 Å². The molecule has 1 atom stereocenters. The van der Waals surface area contributed by atoms with Gasteiger partial charge in [0.25, 0.3) is 0 Å². The van der Waals surface area contributed by atoms with Crippen molar-refractivity contribution in [2.75, 3.05) is 6.61 Å². The average molecular weight is 399 g/mol. The van der Waals surface area contributed by atoms with Gasteiger partial charge in [-0.3, -0.25) is 15.8 Å². The summed E-state index contributed by atoms with van der Waals surface area (Å²) >= 11 is 0. The fourth-order valence-electron chi connectivity index (χ4n) is 2.81. The molecular weight excluding hydrogens is 376 g/mol. The lowest BCUT2D eigenvalue weighted by Crippen LogP contribution is -2.33. The Hall–Kier alpha value is -3.42. The molecule has 1 aromatic carbocycles. The van der Waals surface area contributed by atoms with Crippen LogP contribution in [0.25, 0.3) is 11.8 Å². The van der Waals surface area contributed by atoms with Crippen molar-refractivity contribution >= 4 is 30.1 Å². The monoisotopic (exact) mass is 399 g/mol. The van der Waals surface area contributed by atoms with E-state index in [1.54, 1.807) is 19.9 Å². The molecule has 1 heterocycles. The molecule has 2 rings (SSSR count). The topological polar surface area (TPSA) is 87.1 Å². The first-order valence-corrected chi connectivity index (χ1v) is 8.93. The molecule has 29 heavy (non-hydrogen) atoms. The standard InChI is InChI=1S/C21H23F2N5O/c1-6-8-14-17(26-5)11-15(22)19(20(14)23)12(3)21(25)28-18(24)10-9-16(27-28)13(4)29-7-2/h6,8-12,24-25H,4-5,7H2,1-3H3/b8-6-,24-18?,25-21?. The van der Waals surface area contributed by atoms with Crippen LogP contribution in [0.1, 0.15) is 43.5 Å². The zero-order valence-electron chi connectivity index (χ0n) is 16.6. The molecule has 1 unspecified atom stereocenters. The van der Waals surface area contributed by atoms with Crippen LogP contribution in [0.15, 0.2) is 35.8 Å². The first-order valence-electron chi connectivity index (χ1n) is 8.93. The van der Waals surface area contributed by atoms with Gasteiger partial charge in [-0.1, -0.05) is 25.7 Å². The summed E-state index contributed by atoms with van der Waals surface area (Å²) in [5, 5.41) is 20.7. The summed E-state index contributed by atoms with van der Waals surface area (Å²) < 4.78 is 36.1. The number of rotatable bonds is 7. The Morgan fingerprint density at radius 3 is 2.69 bits per heavy atom. The molecule has 1 aromatic heterocycles. The Morgan fingerprint density at radius 1 is 1.41 bits per heavy atom. The number of allylic oxidation sites excluding steroid dienone is 1. The summed E-state index contributed by atoms with van der Waals surface area (Å²) in [6, 6.07) is 4.03. The third kappa shape index (κ3) is 4.37. The normalized spacial score (nSPS) is 12.0. The second kappa shape index (κ2) is 9.18. The number of halogens is 2. The number of hydrogen-bond acceptors (Lipinski definition) is 5. The van der Waals surface area contributed by atoms with Crippen molar-refractivity contribution < 1.29 is 13.5 Å². The van der Waals surface area contributed by atoms with Crippen LogP contribution in [0.4, 0.5) is 14.5 Å². The molecule has 0 saturated heterocycles. The molecule has 0 radical (unpaired) electrons. The highest BCUT2D eigenvalue weighted by molar-refractivity contribution is 5.88. The van der Waals surface area contributed by atoms with Crippen LogP contribution in [0.3, 0.4) is 0 Å². The lowest BCUT2D eigenvalue weighted by molar-refractivity contribution is 0.297. The molecule has 8 heteroatoms. The van der Waals surface area contributed by atoms with Gasteiger partial charge >= 0.3 is 0 Å². The maximum Gasteiger partial charge on any atom is 0.148 e. The highest BCUT2D eigenvalue weighted by Gasteiger charge is 2.26. The van der Waals surface area contributed by atoms with Gasteiger partial charge in [0.05, 0.1) is 12.3 Å². The van der Waals surface area contributed by atoms with Crippen LogP contribution < -0.4 is 5.49 Å². The molecule has 2 N–H and O–H groups in total. The maximum absolute atomic E-state index is 15.1. The van der Waals surface area contributed by atoms with Gasteiger partial charge in [0.1, 0.15) is 34.4 Å². The van der Waals surface area contributed by atoms with E-state index in [4.69, 9.17) is 15.6 Å². The number of hydrogen-bond donors (Lipinski definition) is 2. The van der Waals surface area contributed by atoms with Gasteiger partial charge in [-0.05, 0) is 32.7 Å². The van der Waals surface area contributed by atoms with Crippen molar-refractivity contribution in [2.45, 2.75) is 26.7 Å². The Balaban J connectivity index is 2.57. The number of nitrogens with zero attached hydrogens (tertiary/aromatic N) is 3. The molecule has 0 amide bonds. The molecule has 2 aromatic rings. The van der Waals surface area contributed by atoms with Crippen molar-refractivity contribution in [3.8, 4) is 0 Å². The first kappa shape index (κ1) is 21.9. The molecule has 152 valence electrons. The Kier molecular flexibility index (Phi) is 6.93. The predicted octanol–water partition coefficient (Wildman–Crippen LogP) is 4.64. The van der Waals surface area contributed by atoms with Crippen LogP contribution in [-0.2, 0) is 4.74 Å². The van der Waals surface area contributed by atoms with Crippen LogP contribution >= 0.6 is 0 Å². The van der Waals surface area contributed by atoms with E-state index in [1.165, 1.54) is 25.1 Å². The summed E-state index contributed by atoms with van der Waals surface area (Å²) in [5.41, 5.74) is 0.0530. The predicted molar refractivity (Wildman–Crippen MR) is 111 cm³/mol. The SMILES string of the molecule is C=Nc1cc(F)c(C(C)C(=N)n2nc(C(=C)OCC)ccc2=N)c(F)c1/C=C\C. The van der Waals surface area contributed by atoms with Gasteiger partial charge in [-0.15, -0.1) is 0 Å². The van der Waals surface area contributed by atoms with Crippen LogP contribution in [0, 0.1) is 22.5 Å².